The summed E-state index contributed by atoms with van der Waals surface area (Å²) in [4.78, 5) is 21.0. The van der Waals surface area contributed by atoms with Crippen LogP contribution >= 0.6 is 0 Å². The molecule has 0 bridgehead atoms. The number of pyridine rings is 1. The van der Waals surface area contributed by atoms with Crippen LogP contribution in [0.4, 0.5) is 16.3 Å². The van der Waals surface area contributed by atoms with Crippen molar-refractivity contribution < 1.29 is 4.79 Å². The number of amides is 2. The molecule has 2 amide bonds. The van der Waals surface area contributed by atoms with Crippen molar-refractivity contribution in [3.05, 3.63) is 18.3 Å². The Morgan fingerprint density at radius 3 is 2.74 bits per heavy atom. The highest BCUT2D eigenvalue weighted by molar-refractivity contribution is 5.89. The van der Waals surface area contributed by atoms with Crippen LogP contribution in [0.15, 0.2) is 18.3 Å². The van der Waals surface area contributed by atoms with Gasteiger partial charge in [-0.1, -0.05) is 26.7 Å². The van der Waals surface area contributed by atoms with E-state index in [-0.39, 0.29) is 6.03 Å². The Morgan fingerprint density at radius 1 is 1.35 bits per heavy atom. The Kier molecular flexibility index (Phi) is 6.25. The average molecular weight is 318 g/mol. The van der Waals surface area contributed by atoms with Gasteiger partial charge in [-0.2, -0.15) is 0 Å². The van der Waals surface area contributed by atoms with Gasteiger partial charge in [-0.15, -0.1) is 0 Å². The first-order valence-corrected chi connectivity index (χ1v) is 8.68. The average Bonchev–Trinajstić information content (AvgIpc) is 2.72. The molecule has 0 unspecified atom stereocenters. The molecule has 0 saturated carbocycles. The SMILES string of the molecule is CC(C)C[C@@H]1CCCCCN1C(=O)Nc1ccc(N(C)C)nc1. The molecule has 23 heavy (non-hydrogen) atoms. The number of rotatable bonds is 4. The fraction of sp³-hybridized carbons (Fsp3) is 0.667. The van der Waals surface area contributed by atoms with E-state index in [2.05, 4.69) is 24.1 Å². The van der Waals surface area contributed by atoms with Gasteiger partial charge in [0.05, 0.1) is 11.9 Å². The van der Waals surface area contributed by atoms with Gasteiger partial charge >= 0.3 is 6.03 Å². The second-order valence-corrected chi connectivity index (χ2v) is 7.06. The maximum Gasteiger partial charge on any atom is 0.322 e. The van der Waals surface area contributed by atoms with Crippen LogP contribution in [-0.4, -0.2) is 42.6 Å². The zero-order valence-electron chi connectivity index (χ0n) is 14.9. The van der Waals surface area contributed by atoms with Crippen LogP contribution in [0, 0.1) is 5.92 Å². The molecule has 1 N–H and O–H groups in total. The Labute approximate surface area is 140 Å². The van der Waals surface area contributed by atoms with Gasteiger partial charge < -0.3 is 15.1 Å². The van der Waals surface area contributed by atoms with E-state index in [9.17, 15) is 4.79 Å². The molecule has 5 nitrogen and oxygen atoms in total. The minimum atomic E-state index is 0.0111. The van der Waals surface area contributed by atoms with Gasteiger partial charge in [-0.3, -0.25) is 0 Å². The first kappa shape index (κ1) is 17.6. The van der Waals surface area contributed by atoms with Crippen molar-refractivity contribution in [2.45, 2.75) is 52.0 Å². The van der Waals surface area contributed by atoms with Crippen LogP contribution in [0.25, 0.3) is 0 Å². The van der Waals surface area contributed by atoms with Gasteiger partial charge in [0.15, 0.2) is 0 Å². The molecule has 1 aliphatic rings. The summed E-state index contributed by atoms with van der Waals surface area (Å²) in [5, 5.41) is 3.01. The normalized spacial score (nSPS) is 18.7. The van der Waals surface area contributed by atoms with Crippen molar-refractivity contribution >= 4 is 17.5 Å². The van der Waals surface area contributed by atoms with Gasteiger partial charge in [0, 0.05) is 26.7 Å². The molecule has 0 aliphatic carbocycles. The Bertz CT molecular complexity index is 498. The van der Waals surface area contributed by atoms with E-state index >= 15 is 0 Å². The van der Waals surface area contributed by atoms with E-state index in [4.69, 9.17) is 0 Å². The monoisotopic (exact) mass is 318 g/mol. The molecule has 128 valence electrons. The lowest BCUT2D eigenvalue weighted by molar-refractivity contribution is 0.178. The summed E-state index contributed by atoms with van der Waals surface area (Å²) in [5.41, 5.74) is 0.758. The predicted molar refractivity (Wildman–Crippen MR) is 96.0 cm³/mol. The highest BCUT2D eigenvalue weighted by Crippen LogP contribution is 2.23. The van der Waals surface area contributed by atoms with Gasteiger partial charge in [0.25, 0.3) is 0 Å². The zero-order chi connectivity index (χ0) is 16.8. The second-order valence-electron chi connectivity index (χ2n) is 7.06. The summed E-state index contributed by atoms with van der Waals surface area (Å²) >= 11 is 0. The molecule has 2 rings (SSSR count). The Balaban J connectivity index is 2.03. The van der Waals surface area contributed by atoms with E-state index < -0.39 is 0 Å². The lowest BCUT2D eigenvalue weighted by atomic mass is 9.99. The topological polar surface area (TPSA) is 48.5 Å². The van der Waals surface area contributed by atoms with Crippen LogP contribution in [0.5, 0.6) is 0 Å². The lowest BCUT2D eigenvalue weighted by Gasteiger charge is -2.31. The van der Waals surface area contributed by atoms with Crippen LogP contribution in [0.3, 0.4) is 0 Å². The summed E-state index contributed by atoms with van der Waals surface area (Å²) in [6, 6.07) is 4.20. The van der Waals surface area contributed by atoms with Gasteiger partial charge in [0.1, 0.15) is 5.82 Å². The molecule has 0 spiro atoms. The Hall–Kier alpha value is -1.78. The van der Waals surface area contributed by atoms with E-state index in [1.165, 1.54) is 12.8 Å². The van der Waals surface area contributed by atoms with Gasteiger partial charge in [-0.25, -0.2) is 9.78 Å². The van der Waals surface area contributed by atoms with Gasteiger partial charge in [0.2, 0.25) is 0 Å². The van der Waals surface area contributed by atoms with Crippen molar-refractivity contribution in [3.8, 4) is 0 Å². The maximum absolute atomic E-state index is 12.7. The molecule has 5 heteroatoms. The first-order valence-electron chi connectivity index (χ1n) is 8.68. The smallest absolute Gasteiger partial charge is 0.322 e. The third-order valence-corrected chi connectivity index (χ3v) is 4.34. The van der Waals surface area contributed by atoms with Crippen LogP contribution in [0.2, 0.25) is 0 Å². The third-order valence-electron chi connectivity index (χ3n) is 4.34. The number of nitrogens with one attached hydrogen (secondary N) is 1. The predicted octanol–water partition coefficient (Wildman–Crippen LogP) is 3.97. The van der Waals surface area contributed by atoms with Crippen LogP contribution in [0.1, 0.15) is 46.0 Å². The molecule has 1 atom stereocenters. The molecule has 0 radical (unpaired) electrons. The molecule has 1 aromatic heterocycles. The number of hydrogen-bond acceptors (Lipinski definition) is 3. The standard InChI is InChI=1S/C18H30N4O/c1-14(2)12-16-8-6-5-7-11-22(16)18(23)20-15-9-10-17(19-13-15)21(3)4/h9-10,13-14,16H,5-8,11-12H2,1-4H3,(H,20,23)/t16-/m0/s1. The Morgan fingerprint density at radius 2 is 2.13 bits per heavy atom. The second kappa shape index (κ2) is 8.18. The fourth-order valence-electron chi connectivity index (χ4n) is 3.15. The van der Waals surface area contributed by atoms with Crippen molar-refractivity contribution in [2.75, 3.05) is 30.9 Å². The number of likely N-dealkylation sites (tertiary alicyclic amines) is 1. The minimum absolute atomic E-state index is 0.0111. The number of carbonyl (C=O) groups is 1. The van der Waals surface area contributed by atoms with E-state index in [1.807, 2.05) is 36.0 Å². The van der Waals surface area contributed by atoms with E-state index in [1.54, 1.807) is 6.20 Å². The number of anilines is 2. The van der Waals surface area contributed by atoms with Crippen LogP contribution in [-0.2, 0) is 0 Å². The molecule has 1 aliphatic heterocycles. The minimum Gasteiger partial charge on any atom is -0.363 e. The molecular weight excluding hydrogens is 288 g/mol. The van der Waals surface area contributed by atoms with E-state index in [0.29, 0.717) is 12.0 Å². The number of hydrogen-bond donors (Lipinski definition) is 1. The molecule has 1 fully saturated rings. The number of nitrogens with zero attached hydrogens (tertiary/aromatic N) is 3. The molecule has 1 aromatic rings. The van der Waals surface area contributed by atoms with Crippen molar-refractivity contribution in [3.63, 3.8) is 0 Å². The molecule has 0 aromatic carbocycles. The van der Waals surface area contributed by atoms with Crippen molar-refractivity contribution in [2.24, 2.45) is 5.92 Å². The first-order chi connectivity index (χ1) is 11.0. The molecule has 2 heterocycles. The molecular formula is C18H30N4O. The largest absolute Gasteiger partial charge is 0.363 e. The number of aromatic nitrogens is 1. The van der Waals surface area contributed by atoms with Crippen molar-refractivity contribution in [1.29, 1.82) is 0 Å². The zero-order valence-corrected chi connectivity index (χ0v) is 14.9. The third kappa shape index (κ3) is 5.12. The van der Waals surface area contributed by atoms with E-state index in [0.717, 1.165) is 37.3 Å². The molecule has 1 saturated heterocycles. The highest BCUT2D eigenvalue weighted by atomic mass is 16.2. The quantitative estimate of drug-likeness (QED) is 0.914. The van der Waals surface area contributed by atoms with Gasteiger partial charge in [-0.05, 0) is 37.3 Å². The van der Waals surface area contributed by atoms with Crippen LogP contribution < -0.4 is 10.2 Å². The maximum atomic E-state index is 12.7. The summed E-state index contributed by atoms with van der Waals surface area (Å²) in [6.45, 7) is 5.31. The summed E-state index contributed by atoms with van der Waals surface area (Å²) in [7, 11) is 3.91. The number of carbonyl (C=O) groups excluding carboxylic acids is 1. The summed E-state index contributed by atoms with van der Waals surface area (Å²) in [5.74, 6) is 1.49. The number of urea groups is 1. The lowest BCUT2D eigenvalue weighted by Crippen LogP contribution is -2.43. The highest BCUT2D eigenvalue weighted by Gasteiger charge is 2.26. The summed E-state index contributed by atoms with van der Waals surface area (Å²) < 4.78 is 0. The fourth-order valence-corrected chi connectivity index (χ4v) is 3.15. The summed E-state index contributed by atoms with van der Waals surface area (Å²) in [6.07, 6.45) is 7.45. The van der Waals surface area contributed by atoms with Crippen molar-refractivity contribution in [1.82, 2.24) is 9.88 Å².